The zero-order chi connectivity index (χ0) is 17.5. The number of methoxy groups -OCH3 is 1. The van der Waals surface area contributed by atoms with Gasteiger partial charge in [-0.25, -0.2) is 0 Å². The number of aryl methyl sites for hydroxylation is 1. The van der Waals surface area contributed by atoms with Gasteiger partial charge in [0.1, 0.15) is 6.61 Å². The summed E-state index contributed by atoms with van der Waals surface area (Å²) in [4.78, 5) is 15.2. The number of nitrogens with one attached hydrogen (secondary N) is 2. The second kappa shape index (κ2) is 8.24. The van der Waals surface area contributed by atoms with Gasteiger partial charge in [-0.1, -0.05) is 30.3 Å². The molecule has 0 fully saturated rings. The highest BCUT2D eigenvalue weighted by Gasteiger charge is 2.07. The number of carbonyl (C=O) groups excluding carboxylic acids is 1. The molecule has 5 nitrogen and oxygen atoms in total. The smallest absolute Gasteiger partial charge is 0.220 e. The second-order valence-electron chi connectivity index (χ2n) is 5.71. The summed E-state index contributed by atoms with van der Waals surface area (Å²) in [5.74, 6) is 1.39. The van der Waals surface area contributed by atoms with Gasteiger partial charge < -0.3 is 19.8 Å². The molecule has 0 saturated heterocycles. The number of ether oxygens (including phenoxy) is 2. The predicted molar refractivity (Wildman–Crippen MR) is 98.1 cm³/mol. The molecule has 3 rings (SSSR count). The first kappa shape index (κ1) is 16.9. The van der Waals surface area contributed by atoms with Gasteiger partial charge in [0.15, 0.2) is 11.5 Å². The molecule has 0 atom stereocenters. The van der Waals surface area contributed by atoms with Crippen molar-refractivity contribution in [3.63, 3.8) is 0 Å². The highest BCUT2D eigenvalue weighted by molar-refractivity contribution is 5.84. The highest BCUT2D eigenvalue weighted by Crippen LogP contribution is 2.25. The molecule has 0 aliphatic rings. The Balaban J connectivity index is 1.41. The number of amides is 1. The van der Waals surface area contributed by atoms with Crippen LogP contribution in [0.3, 0.4) is 0 Å². The van der Waals surface area contributed by atoms with Gasteiger partial charge in [0.05, 0.1) is 13.7 Å². The lowest BCUT2D eigenvalue weighted by atomic mass is 10.1. The summed E-state index contributed by atoms with van der Waals surface area (Å²) in [5, 5.41) is 4.06. The predicted octanol–water partition coefficient (Wildman–Crippen LogP) is 3.30. The van der Waals surface area contributed by atoms with Crippen LogP contribution in [0.1, 0.15) is 12.0 Å². The number of hydrogen-bond donors (Lipinski definition) is 2. The van der Waals surface area contributed by atoms with E-state index in [4.69, 9.17) is 9.47 Å². The molecule has 0 spiro atoms. The van der Waals surface area contributed by atoms with E-state index in [0.717, 1.165) is 11.1 Å². The van der Waals surface area contributed by atoms with E-state index >= 15 is 0 Å². The Morgan fingerprint density at radius 2 is 1.84 bits per heavy atom. The van der Waals surface area contributed by atoms with E-state index in [-0.39, 0.29) is 5.91 Å². The van der Waals surface area contributed by atoms with Gasteiger partial charge in [-0.3, -0.25) is 4.79 Å². The molecule has 3 aromatic rings. The van der Waals surface area contributed by atoms with Crippen LogP contribution in [0.25, 0.3) is 10.9 Å². The fourth-order valence-corrected chi connectivity index (χ4v) is 2.76. The molecule has 0 saturated carbocycles. The quantitative estimate of drug-likeness (QED) is 0.620. The number of aromatic nitrogens is 1. The van der Waals surface area contributed by atoms with Gasteiger partial charge in [-0.05, 0) is 30.2 Å². The fraction of sp³-hybridized carbons (Fsp3) is 0.250. The largest absolute Gasteiger partial charge is 0.493 e. The van der Waals surface area contributed by atoms with Gasteiger partial charge in [0.2, 0.25) is 5.91 Å². The summed E-state index contributed by atoms with van der Waals surface area (Å²) in [6.07, 6.45) is 3.14. The van der Waals surface area contributed by atoms with Crippen molar-refractivity contribution in [1.82, 2.24) is 10.3 Å². The molecule has 1 heterocycles. The molecule has 0 aliphatic heterocycles. The number of aromatic amines is 1. The first-order valence-electron chi connectivity index (χ1n) is 8.35. The second-order valence-corrected chi connectivity index (χ2v) is 5.71. The number of fused-ring (bicyclic) bond motifs is 1. The van der Waals surface area contributed by atoms with E-state index in [9.17, 15) is 4.79 Å². The lowest BCUT2D eigenvalue weighted by molar-refractivity contribution is -0.121. The van der Waals surface area contributed by atoms with Crippen LogP contribution in [0.15, 0.2) is 54.7 Å². The number of carbonyl (C=O) groups is 1. The van der Waals surface area contributed by atoms with Gasteiger partial charge in [0.25, 0.3) is 0 Å². The van der Waals surface area contributed by atoms with Crippen LogP contribution in [-0.2, 0) is 11.2 Å². The molecule has 130 valence electrons. The maximum atomic E-state index is 12.0. The molecular weight excluding hydrogens is 316 g/mol. The van der Waals surface area contributed by atoms with Crippen molar-refractivity contribution in [1.29, 1.82) is 0 Å². The Labute approximate surface area is 147 Å². The van der Waals surface area contributed by atoms with Crippen LogP contribution < -0.4 is 14.8 Å². The molecule has 25 heavy (non-hydrogen) atoms. The van der Waals surface area contributed by atoms with Crippen molar-refractivity contribution in [3.8, 4) is 11.5 Å². The van der Waals surface area contributed by atoms with Crippen molar-refractivity contribution in [2.24, 2.45) is 0 Å². The Morgan fingerprint density at radius 3 is 2.68 bits per heavy atom. The third-order valence-electron chi connectivity index (χ3n) is 4.05. The minimum atomic E-state index is 0.0221. The normalized spacial score (nSPS) is 10.6. The molecular formula is C20H22N2O3. The summed E-state index contributed by atoms with van der Waals surface area (Å²) in [7, 11) is 1.61. The maximum absolute atomic E-state index is 12.0. The van der Waals surface area contributed by atoms with Crippen molar-refractivity contribution in [3.05, 3.63) is 60.3 Å². The molecule has 0 radical (unpaired) electrons. The number of H-pyrrole nitrogens is 1. The van der Waals surface area contributed by atoms with Crippen LogP contribution in [0.5, 0.6) is 11.5 Å². The topological polar surface area (TPSA) is 63.4 Å². The van der Waals surface area contributed by atoms with E-state index in [1.807, 2.05) is 48.7 Å². The summed E-state index contributed by atoms with van der Waals surface area (Å²) in [6.45, 7) is 0.865. The molecule has 0 aliphatic carbocycles. The number of rotatable bonds is 8. The minimum absolute atomic E-state index is 0.0221. The summed E-state index contributed by atoms with van der Waals surface area (Å²) < 4.78 is 10.9. The third-order valence-corrected chi connectivity index (χ3v) is 4.05. The van der Waals surface area contributed by atoms with Crippen LogP contribution in [0.4, 0.5) is 0 Å². The first-order chi connectivity index (χ1) is 12.3. The summed E-state index contributed by atoms with van der Waals surface area (Å²) >= 11 is 0. The van der Waals surface area contributed by atoms with Gasteiger partial charge in [0, 0.05) is 23.5 Å². The van der Waals surface area contributed by atoms with Crippen LogP contribution in [0.2, 0.25) is 0 Å². The monoisotopic (exact) mass is 338 g/mol. The summed E-state index contributed by atoms with van der Waals surface area (Å²) in [5.41, 5.74) is 2.26. The lowest BCUT2D eigenvalue weighted by Gasteiger charge is -2.10. The lowest BCUT2D eigenvalue weighted by Crippen LogP contribution is -2.28. The van der Waals surface area contributed by atoms with E-state index in [1.54, 1.807) is 7.11 Å². The maximum Gasteiger partial charge on any atom is 0.220 e. The zero-order valence-electron chi connectivity index (χ0n) is 14.2. The standard InChI is InChI=1S/C20H22N2O3/c1-24-18-8-4-5-9-19(18)25-13-12-21-20(23)11-10-15-14-22-17-7-3-2-6-16(15)17/h2-9,14,22H,10-13H2,1H3,(H,21,23). The first-order valence-corrected chi connectivity index (χ1v) is 8.35. The van der Waals surface area contributed by atoms with Crippen LogP contribution in [-0.4, -0.2) is 31.2 Å². The van der Waals surface area contributed by atoms with Gasteiger partial charge in [-0.15, -0.1) is 0 Å². The fourth-order valence-electron chi connectivity index (χ4n) is 2.76. The Bertz CT molecular complexity index is 842. The molecule has 1 amide bonds. The minimum Gasteiger partial charge on any atom is -0.493 e. The van der Waals surface area contributed by atoms with Crippen molar-refractivity contribution in [2.45, 2.75) is 12.8 Å². The molecule has 0 bridgehead atoms. The van der Waals surface area contributed by atoms with Crippen molar-refractivity contribution in [2.75, 3.05) is 20.3 Å². The van der Waals surface area contributed by atoms with Crippen molar-refractivity contribution < 1.29 is 14.3 Å². The Morgan fingerprint density at radius 1 is 1.08 bits per heavy atom. The van der Waals surface area contributed by atoms with Crippen LogP contribution >= 0.6 is 0 Å². The molecule has 1 aromatic heterocycles. The molecule has 2 N–H and O–H groups in total. The number of hydrogen-bond acceptors (Lipinski definition) is 3. The molecule has 2 aromatic carbocycles. The van der Waals surface area contributed by atoms with E-state index < -0.39 is 0 Å². The third kappa shape index (κ3) is 4.32. The average Bonchev–Trinajstić information content (AvgIpc) is 3.07. The Kier molecular flexibility index (Phi) is 5.57. The van der Waals surface area contributed by atoms with E-state index in [1.165, 1.54) is 5.39 Å². The molecule has 0 unspecified atom stereocenters. The Hall–Kier alpha value is -2.95. The zero-order valence-corrected chi connectivity index (χ0v) is 14.2. The van der Waals surface area contributed by atoms with Gasteiger partial charge in [-0.2, -0.15) is 0 Å². The average molecular weight is 338 g/mol. The van der Waals surface area contributed by atoms with E-state index in [0.29, 0.717) is 37.5 Å². The van der Waals surface area contributed by atoms with Crippen molar-refractivity contribution >= 4 is 16.8 Å². The van der Waals surface area contributed by atoms with Gasteiger partial charge >= 0.3 is 0 Å². The number of para-hydroxylation sites is 3. The van der Waals surface area contributed by atoms with E-state index in [2.05, 4.69) is 16.4 Å². The highest BCUT2D eigenvalue weighted by atomic mass is 16.5. The SMILES string of the molecule is COc1ccccc1OCCNC(=O)CCc1c[nH]c2ccccc12. The summed E-state index contributed by atoms with van der Waals surface area (Å²) in [6, 6.07) is 15.6. The number of benzene rings is 2. The molecule has 5 heteroatoms. The van der Waals surface area contributed by atoms with Crippen LogP contribution in [0, 0.1) is 0 Å².